The highest BCUT2D eigenvalue weighted by atomic mass is 19.1. The third-order valence-corrected chi connectivity index (χ3v) is 2.89. The topological polar surface area (TPSA) is 55.5 Å². The Morgan fingerprint density at radius 2 is 1.89 bits per heavy atom. The summed E-state index contributed by atoms with van der Waals surface area (Å²) in [5.41, 5.74) is 6.64. The standard InChI is InChI=1S/C15H16FNO2/c16-13-4-6-15(7-5-13)19-10-12(9-17)11-2-1-3-14(18)8-11/h1-8,12,18H,9-10,17H2. The quantitative estimate of drug-likeness (QED) is 0.870. The Kier molecular flexibility index (Phi) is 4.36. The molecule has 1 atom stereocenters. The fraction of sp³-hybridized carbons (Fsp3) is 0.200. The molecule has 2 aromatic rings. The first-order valence-corrected chi connectivity index (χ1v) is 6.06. The van der Waals surface area contributed by atoms with Crippen LogP contribution >= 0.6 is 0 Å². The lowest BCUT2D eigenvalue weighted by Gasteiger charge is -2.16. The maximum atomic E-state index is 12.8. The summed E-state index contributed by atoms with van der Waals surface area (Å²) in [6, 6.07) is 12.8. The molecule has 0 aromatic heterocycles. The fourth-order valence-corrected chi connectivity index (χ4v) is 1.81. The summed E-state index contributed by atoms with van der Waals surface area (Å²) in [7, 11) is 0. The second-order valence-electron chi connectivity index (χ2n) is 4.29. The van der Waals surface area contributed by atoms with Crippen molar-refractivity contribution >= 4 is 0 Å². The van der Waals surface area contributed by atoms with Gasteiger partial charge in [0.05, 0.1) is 6.61 Å². The molecule has 0 saturated carbocycles. The molecule has 0 heterocycles. The van der Waals surface area contributed by atoms with Crippen LogP contribution in [0.1, 0.15) is 11.5 Å². The molecule has 19 heavy (non-hydrogen) atoms. The van der Waals surface area contributed by atoms with Crippen LogP contribution in [0.2, 0.25) is 0 Å². The van der Waals surface area contributed by atoms with Crippen LogP contribution in [0.4, 0.5) is 4.39 Å². The Morgan fingerprint density at radius 3 is 2.53 bits per heavy atom. The van der Waals surface area contributed by atoms with Gasteiger partial charge in [-0.15, -0.1) is 0 Å². The van der Waals surface area contributed by atoms with Gasteiger partial charge in [0.25, 0.3) is 0 Å². The Balaban J connectivity index is 2.01. The van der Waals surface area contributed by atoms with E-state index in [0.29, 0.717) is 18.9 Å². The monoisotopic (exact) mass is 261 g/mol. The number of rotatable bonds is 5. The van der Waals surface area contributed by atoms with Gasteiger partial charge in [0.15, 0.2) is 0 Å². The van der Waals surface area contributed by atoms with Gasteiger partial charge in [-0.05, 0) is 42.0 Å². The number of ether oxygens (including phenoxy) is 1. The average molecular weight is 261 g/mol. The van der Waals surface area contributed by atoms with Gasteiger partial charge in [0.1, 0.15) is 17.3 Å². The summed E-state index contributed by atoms with van der Waals surface area (Å²) < 4.78 is 18.3. The molecule has 0 aliphatic heterocycles. The van der Waals surface area contributed by atoms with Gasteiger partial charge in [0, 0.05) is 12.5 Å². The van der Waals surface area contributed by atoms with E-state index in [-0.39, 0.29) is 17.5 Å². The Morgan fingerprint density at radius 1 is 1.16 bits per heavy atom. The number of phenols is 1. The molecular formula is C15H16FNO2. The molecule has 0 aliphatic rings. The van der Waals surface area contributed by atoms with Crippen LogP contribution in [-0.2, 0) is 0 Å². The van der Waals surface area contributed by atoms with Gasteiger partial charge < -0.3 is 15.6 Å². The number of aromatic hydroxyl groups is 1. The molecule has 0 spiro atoms. The van der Waals surface area contributed by atoms with Crippen molar-refractivity contribution in [2.45, 2.75) is 5.92 Å². The SMILES string of the molecule is NCC(COc1ccc(F)cc1)c1cccc(O)c1. The van der Waals surface area contributed by atoms with Crippen molar-refractivity contribution in [3.8, 4) is 11.5 Å². The van der Waals surface area contributed by atoms with E-state index in [9.17, 15) is 9.50 Å². The molecule has 2 rings (SSSR count). The van der Waals surface area contributed by atoms with Crippen LogP contribution in [0, 0.1) is 5.82 Å². The lowest BCUT2D eigenvalue weighted by Crippen LogP contribution is -2.19. The van der Waals surface area contributed by atoms with E-state index in [4.69, 9.17) is 10.5 Å². The smallest absolute Gasteiger partial charge is 0.123 e. The minimum absolute atomic E-state index is 0.0165. The van der Waals surface area contributed by atoms with E-state index >= 15 is 0 Å². The molecule has 0 saturated heterocycles. The van der Waals surface area contributed by atoms with Crippen molar-refractivity contribution in [2.24, 2.45) is 5.73 Å². The van der Waals surface area contributed by atoms with E-state index in [2.05, 4.69) is 0 Å². The Labute approximate surface area is 111 Å². The van der Waals surface area contributed by atoms with E-state index < -0.39 is 0 Å². The molecule has 0 amide bonds. The molecule has 0 fully saturated rings. The van der Waals surface area contributed by atoms with Gasteiger partial charge in [0.2, 0.25) is 0 Å². The summed E-state index contributed by atoms with van der Waals surface area (Å²) in [5, 5.41) is 9.45. The minimum Gasteiger partial charge on any atom is -0.508 e. The van der Waals surface area contributed by atoms with Crippen LogP contribution in [0.25, 0.3) is 0 Å². The maximum Gasteiger partial charge on any atom is 0.123 e. The van der Waals surface area contributed by atoms with Crippen LogP contribution in [0.15, 0.2) is 48.5 Å². The molecule has 3 N–H and O–H groups in total. The number of hydrogen-bond donors (Lipinski definition) is 2. The third kappa shape index (κ3) is 3.69. The van der Waals surface area contributed by atoms with Crippen LogP contribution in [-0.4, -0.2) is 18.3 Å². The molecule has 3 nitrogen and oxygen atoms in total. The van der Waals surface area contributed by atoms with Gasteiger partial charge in [-0.1, -0.05) is 12.1 Å². The van der Waals surface area contributed by atoms with E-state index in [1.165, 1.54) is 12.1 Å². The fourth-order valence-electron chi connectivity index (χ4n) is 1.81. The summed E-state index contributed by atoms with van der Waals surface area (Å²) in [4.78, 5) is 0. The third-order valence-electron chi connectivity index (χ3n) is 2.89. The number of halogens is 1. The molecule has 1 unspecified atom stereocenters. The number of nitrogens with two attached hydrogens (primary N) is 1. The lowest BCUT2D eigenvalue weighted by atomic mass is 10.00. The second-order valence-corrected chi connectivity index (χ2v) is 4.29. The number of benzene rings is 2. The molecule has 4 heteroatoms. The lowest BCUT2D eigenvalue weighted by molar-refractivity contribution is 0.289. The number of phenolic OH excluding ortho intramolecular Hbond substituents is 1. The zero-order valence-electron chi connectivity index (χ0n) is 10.4. The first kappa shape index (κ1) is 13.4. The van der Waals surface area contributed by atoms with Crippen molar-refractivity contribution in [1.82, 2.24) is 0 Å². The van der Waals surface area contributed by atoms with Crippen molar-refractivity contribution < 1.29 is 14.2 Å². The summed E-state index contributed by atoms with van der Waals surface area (Å²) >= 11 is 0. The Hall–Kier alpha value is -2.07. The largest absolute Gasteiger partial charge is 0.508 e. The molecule has 0 radical (unpaired) electrons. The highest BCUT2D eigenvalue weighted by Gasteiger charge is 2.11. The van der Waals surface area contributed by atoms with Crippen LogP contribution in [0.3, 0.4) is 0 Å². The van der Waals surface area contributed by atoms with E-state index in [0.717, 1.165) is 5.56 Å². The molecular weight excluding hydrogens is 245 g/mol. The van der Waals surface area contributed by atoms with E-state index in [1.807, 2.05) is 6.07 Å². The minimum atomic E-state index is -0.296. The molecule has 0 bridgehead atoms. The predicted octanol–water partition coefficient (Wildman–Crippen LogP) is 2.65. The molecule has 2 aromatic carbocycles. The van der Waals surface area contributed by atoms with Crippen LogP contribution in [0.5, 0.6) is 11.5 Å². The predicted molar refractivity (Wildman–Crippen MR) is 71.8 cm³/mol. The Bertz CT molecular complexity index is 528. The molecule has 100 valence electrons. The van der Waals surface area contributed by atoms with Crippen LogP contribution < -0.4 is 10.5 Å². The summed E-state index contributed by atoms with van der Waals surface area (Å²) in [5.74, 6) is 0.491. The van der Waals surface area contributed by atoms with Gasteiger partial charge in [-0.2, -0.15) is 0 Å². The van der Waals surface area contributed by atoms with E-state index in [1.54, 1.807) is 30.3 Å². The second kappa shape index (κ2) is 6.20. The highest BCUT2D eigenvalue weighted by Crippen LogP contribution is 2.21. The average Bonchev–Trinajstić information content (AvgIpc) is 2.42. The van der Waals surface area contributed by atoms with Crippen molar-refractivity contribution in [3.63, 3.8) is 0 Å². The zero-order chi connectivity index (χ0) is 13.7. The first-order valence-electron chi connectivity index (χ1n) is 6.06. The number of hydrogen-bond acceptors (Lipinski definition) is 3. The maximum absolute atomic E-state index is 12.8. The first-order chi connectivity index (χ1) is 9.19. The van der Waals surface area contributed by atoms with Gasteiger partial charge in [-0.25, -0.2) is 4.39 Å². The summed E-state index contributed by atoms with van der Waals surface area (Å²) in [6.45, 7) is 0.788. The summed E-state index contributed by atoms with van der Waals surface area (Å²) in [6.07, 6.45) is 0. The van der Waals surface area contributed by atoms with Crippen molar-refractivity contribution in [3.05, 3.63) is 59.9 Å². The zero-order valence-corrected chi connectivity index (χ0v) is 10.4. The normalized spacial score (nSPS) is 12.1. The van der Waals surface area contributed by atoms with Crippen molar-refractivity contribution in [2.75, 3.05) is 13.2 Å². The van der Waals surface area contributed by atoms with Gasteiger partial charge >= 0.3 is 0 Å². The van der Waals surface area contributed by atoms with Gasteiger partial charge in [-0.3, -0.25) is 0 Å². The molecule has 0 aliphatic carbocycles. The highest BCUT2D eigenvalue weighted by molar-refractivity contribution is 5.30. The van der Waals surface area contributed by atoms with Crippen molar-refractivity contribution in [1.29, 1.82) is 0 Å².